The SMILES string of the molecule is CCN(CC)CCN(C(=O)COc1ccc(Cl)cc1Cl)c1nc2ccc(S(C)(=O)=O)cc2s1. The highest BCUT2D eigenvalue weighted by Gasteiger charge is 2.22. The maximum absolute atomic E-state index is 13.2. The van der Waals surface area contributed by atoms with Gasteiger partial charge < -0.3 is 9.64 Å². The van der Waals surface area contributed by atoms with Crippen LogP contribution in [-0.2, 0) is 14.6 Å². The number of carbonyl (C=O) groups excluding carboxylic acids is 1. The lowest BCUT2D eigenvalue weighted by Gasteiger charge is -2.24. The van der Waals surface area contributed by atoms with Crippen molar-refractivity contribution in [2.24, 2.45) is 0 Å². The van der Waals surface area contributed by atoms with Crippen LogP contribution in [0.15, 0.2) is 41.3 Å². The highest BCUT2D eigenvalue weighted by Crippen LogP contribution is 2.31. The van der Waals surface area contributed by atoms with Gasteiger partial charge in [0.15, 0.2) is 21.6 Å². The van der Waals surface area contributed by atoms with E-state index in [9.17, 15) is 13.2 Å². The Bertz CT molecular complexity index is 1240. The van der Waals surface area contributed by atoms with Crippen LogP contribution in [-0.4, -0.2) is 63.3 Å². The number of thiazole rings is 1. The predicted octanol–water partition coefficient (Wildman–Crippen LogP) is 4.76. The first kappa shape index (κ1) is 25.7. The summed E-state index contributed by atoms with van der Waals surface area (Å²) in [5.74, 6) is 0.0794. The number of rotatable bonds is 10. The molecule has 7 nitrogen and oxygen atoms in total. The van der Waals surface area contributed by atoms with E-state index in [1.807, 2.05) is 0 Å². The van der Waals surface area contributed by atoms with Crippen LogP contribution >= 0.6 is 34.5 Å². The molecule has 0 unspecified atom stereocenters. The van der Waals surface area contributed by atoms with E-state index in [1.54, 1.807) is 35.2 Å². The Morgan fingerprint density at radius 1 is 1.09 bits per heavy atom. The van der Waals surface area contributed by atoms with Crippen molar-refractivity contribution >= 4 is 65.6 Å². The van der Waals surface area contributed by atoms with Crippen LogP contribution < -0.4 is 9.64 Å². The van der Waals surface area contributed by atoms with Gasteiger partial charge in [-0.05, 0) is 49.5 Å². The molecule has 33 heavy (non-hydrogen) atoms. The van der Waals surface area contributed by atoms with Crippen molar-refractivity contribution in [3.05, 3.63) is 46.4 Å². The summed E-state index contributed by atoms with van der Waals surface area (Å²) >= 11 is 13.3. The Labute approximate surface area is 207 Å². The molecule has 0 aliphatic heterocycles. The molecule has 1 heterocycles. The van der Waals surface area contributed by atoms with Crippen LogP contribution in [0.5, 0.6) is 5.75 Å². The minimum atomic E-state index is -3.35. The largest absolute Gasteiger partial charge is 0.482 e. The van der Waals surface area contributed by atoms with E-state index in [0.717, 1.165) is 19.3 Å². The average molecular weight is 530 g/mol. The van der Waals surface area contributed by atoms with Gasteiger partial charge in [-0.1, -0.05) is 48.4 Å². The van der Waals surface area contributed by atoms with Crippen LogP contribution in [0.3, 0.4) is 0 Å². The fraction of sp³-hybridized carbons (Fsp3) is 0.364. The highest BCUT2D eigenvalue weighted by molar-refractivity contribution is 7.90. The molecule has 0 saturated heterocycles. The van der Waals surface area contributed by atoms with Gasteiger partial charge in [0.25, 0.3) is 5.91 Å². The van der Waals surface area contributed by atoms with Crippen molar-refractivity contribution in [2.45, 2.75) is 18.7 Å². The van der Waals surface area contributed by atoms with Crippen molar-refractivity contribution in [2.75, 3.05) is 43.9 Å². The van der Waals surface area contributed by atoms with Crippen LogP contribution in [0.4, 0.5) is 5.13 Å². The zero-order chi connectivity index (χ0) is 24.2. The average Bonchev–Trinajstić information content (AvgIpc) is 3.18. The molecule has 0 N–H and O–H groups in total. The van der Waals surface area contributed by atoms with Gasteiger partial charge in [-0.15, -0.1) is 0 Å². The monoisotopic (exact) mass is 529 g/mol. The normalized spacial score (nSPS) is 11.8. The Hall–Kier alpha value is -1.91. The van der Waals surface area contributed by atoms with Gasteiger partial charge in [-0.3, -0.25) is 9.69 Å². The third kappa shape index (κ3) is 6.58. The quantitative estimate of drug-likeness (QED) is 0.376. The van der Waals surface area contributed by atoms with E-state index in [2.05, 4.69) is 23.7 Å². The number of sulfone groups is 1. The van der Waals surface area contributed by atoms with Gasteiger partial charge in [0, 0.05) is 24.4 Å². The Morgan fingerprint density at radius 2 is 1.82 bits per heavy atom. The van der Waals surface area contributed by atoms with Gasteiger partial charge in [-0.2, -0.15) is 0 Å². The third-order valence-electron chi connectivity index (χ3n) is 5.09. The van der Waals surface area contributed by atoms with Crippen LogP contribution in [0, 0.1) is 0 Å². The van der Waals surface area contributed by atoms with E-state index in [-0.39, 0.29) is 17.4 Å². The number of fused-ring (bicyclic) bond motifs is 1. The predicted molar refractivity (Wildman–Crippen MR) is 135 cm³/mol. The highest BCUT2D eigenvalue weighted by atomic mass is 35.5. The molecule has 11 heteroatoms. The van der Waals surface area contributed by atoms with Gasteiger partial charge in [0.05, 0.1) is 20.1 Å². The number of hydrogen-bond acceptors (Lipinski definition) is 7. The molecule has 3 aromatic rings. The van der Waals surface area contributed by atoms with Gasteiger partial charge in [-0.25, -0.2) is 13.4 Å². The Morgan fingerprint density at radius 3 is 2.45 bits per heavy atom. The molecule has 2 aromatic carbocycles. The second-order valence-electron chi connectivity index (χ2n) is 7.33. The summed E-state index contributed by atoms with van der Waals surface area (Å²) in [5.41, 5.74) is 0.629. The number of likely N-dealkylation sites (N-methyl/N-ethyl adjacent to an activating group) is 1. The number of aromatic nitrogens is 1. The topological polar surface area (TPSA) is 79.8 Å². The molecular formula is C22H25Cl2N3O4S2. The number of carbonyl (C=O) groups is 1. The number of hydrogen-bond donors (Lipinski definition) is 0. The number of amides is 1. The molecule has 0 bridgehead atoms. The van der Waals surface area contributed by atoms with E-state index in [1.165, 1.54) is 17.4 Å². The second kappa shape index (κ2) is 11.0. The lowest BCUT2D eigenvalue weighted by atomic mass is 10.3. The van der Waals surface area contributed by atoms with Crippen molar-refractivity contribution in [1.29, 1.82) is 0 Å². The lowest BCUT2D eigenvalue weighted by Crippen LogP contribution is -2.41. The number of nitrogens with zero attached hydrogens (tertiary/aromatic N) is 3. The molecule has 0 aliphatic rings. The minimum absolute atomic E-state index is 0.215. The molecule has 1 amide bonds. The molecule has 3 rings (SSSR count). The Balaban J connectivity index is 1.87. The van der Waals surface area contributed by atoms with Crippen LogP contribution in [0.1, 0.15) is 13.8 Å². The van der Waals surface area contributed by atoms with E-state index < -0.39 is 9.84 Å². The number of benzene rings is 2. The van der Waals surface area contributed by atoms with Gasteiger partial charge in [0.1, 0.15) is 5.75 Å². The minimum Gasteiger partial charge on any atom is -0.482 e. The molecule has 178 valence electrons. The van der Waals surface area contributed by atoms with Crippen molar-refractivity contribution in [1.82, 2.24) is 9.88 Å². The maximum Gasteiger partial charge on any atom is 0.266 e. The molecule has 0 spiro atoms. The molecule has 0 radical (unpaired) electrons. The van der Waals surface area contributed by atoms with Gasteiger partial charge in [0.2, 0.25) is 0 Å². The summed E-state index contributed by atoms with van der Waals surface area (Å²) in [6.07, 6.45) is 1.16. The van der Waals surface area contributed by atoms with E-state index in [0.29, 0.717) is 44.2 Å². The summed E-state index contributed by atoms with van der Waals surface area (Å²) in [6.45, 7) is 6.67. The molecule has 0 fully saturated rings. The zero-order valence-corrected chi connectivity index (χ0v) is 21.7. The number of anilines is 1. The fourth-order valence-electron chi connectivity index (χ4n) is 3.16. The lowest BCUT2D eigenvalue weighted by molar-refractivity contribution is -0.120. The molecule has 0 atom stereocenters. The molecular weight excluding hydrogens is 505 g/mol. The molecule has 0 aliphatic carbocycles. The van der Waals surface area contributed by atoms with E-state index >= 15 is 0 Å². The summed E-state index contributed by atoms with van der Waals surface area (Å²) in [6, 6.07) is 9.56. The zero-order valence-electron chi connectivity index (χ0n) is 18.5. The van der Waals surface area contributed by atoms with Crippen LogP contribution in [0.25, 0.3) is 10.2 Å². The standard InChI is InChI=1S/C22H25Cl2N3O4S2/c1-4-26(5-2)10-11-27(21(28)14-31-19-9-6-15(23)12-17(19)24)22-25-18-8-7-16(33(3,29)30)13-20(18)32-22/h6-9,12-13H,4-5,10-11,14H2,1-3H3. The van der Waals surface area contributed by atoms with Crippen LogP contribution in [0.2, 0.25) is 10.0 Å². The van der Waals surface area contributed by atoms with Crippen molar-refractivity contribution in [3.63, 3.8) is 0 Å². The summed E-state index contributed by atoms with van der Waals surface area (Å²) in [4.78, 5) is 21.7. The smallest absolute Gasteiger partial charge is 0.266 e. The van der Waals surface area contributed by atoms with Crippen molar-refractivity contribution < 1.29 is 17.9 Å². The summed E-state index contributed by atoms with van der Waals surface area (Å²) in [7, 11) is -3.35. The number of ether oxygens (including phenoxy) is 1. The third-order valence-corrected chi connectivity index (χ3v) is 7.77. The second-order valence-corrected chi connectivity index (χ2v) is 11.2. The first-order valence-electron chi connectivity index (χ1n) is 10.3. The number of halogens is 2. The molecule has 1 aromatic heterocycles. The first-order valence-corrected chi connectivity index (χ1v) is 13.8. The van der Waals surface area contributed by atoms with Crippen molar-refractivity contribution in [3.8, 4) is 5.75 Å². The molecule has 0 saturated carbocycles. The first-order chi connectivity index (χ1) is 15.6. The fourth-order valence-corrected chi connectivity index (χ4v) is 5.39. The summed E-state index contributed by atoms with van der Waals surface area (Å²) in [5, 5.41) is 1.28. The van der Waals surface area contributed by atoms with E-state index in [4.69, 9.17) is 27.9 Å². The Kier molecular flexibility index (Phi) is 8.58. The van der Waals surface area contributed by atoms with Gasteiger partial charge >= 0.3 is 0 Å². The summed E-state index contributed by atoms with van der Waals surface area (Å²) < 4.78 is 30.2. The maximum atomic E-state index is 13.2.